The molecule has 2 aromatic heterocycles. The highest BCUT2D eigenvalue weighted by Crippen LogP contribution is 2.41. The molecule has 1 N–H and O–H groups in total. The van der Waals surface area contributed by atoms with Crippen LogP contribution in [0.2, 0.25) is 0 Å². The Bertz CT molecular complexity index is 1500. The van der Waals surface area contributed by atoms with Crippen molar-refractivity contribution in [2.24, 2.45) is 9.12 Å². The summed E-state index contributed by atoms with van der Waals surface area (Å²) in [6, 6.07) is 1.70. The molecule has 4 atom stereocenters. The summed E-state index contributed by atoms with van der Waals surface area (Å²) in [5.41, 5.74) is 2.62. The maximum atomic E-state index is 14.9. The topological polar surface area (TPSA) is 93.8 Å². The third-order valence-corrected chi connectivity index (χ3v) is 8.29. The van der Waals surface area contributed by atoms with Crippen LogP contribution in [0.1, 0.15) is 61.3 Å². The number of halogens is 2. The number of ether oxygens (including phenoxy) is 1. The van der Waals surface area contributed by atoms with Gasteiger partial charge in [-0.1, -0.05) is 19.4 Å². The van der Waals surface area contributed by atoms with Gasteiger partial charge in [0.05, 0.1) is 51.7 Å². The molecule has 2 aliphatic heterocycles. The lowest BCUT2D eigenvalue weighted by Gasteiger charge is -2.31. The summed E-state index contributed by atoms with van der Waals surface area (Å²) in [6.07, 6.45) is 4.06. The summed E-state index contributed by atoms with van der Waals surface area (Å²) in [6.45, 7) is 3.76. The van der Waals surface area contributed by atoms with Gasteiger partial charge in [0.25, 0.3) is 5.56 Å². The second kappa shape index (κ2) is 7.55. The lowest BCUT2D eigenvalue weighted by Crippen LogP contribution is -2.45. The number of carbonyl (C=O) groups excluding carboxylic acids is 1. The Balaban J connectivity index is 1.70. The second-order valence-corrected chi connectivity index (χ2v) is 10.1. The van der Waals surface area contributed by atoms with Crippen LogP contribution in [0, 0.1) is 5.92 Å². The van der Waals surface area contributed by atoms with E-state index in [1.54, 1.807) is 23.6 Å². The van der Waals surface area contributed by atoms with Crippen LogP contribution in [0.5, 0.6) is 0 Å². The molecule has 0 radical (unpaired) electrons. The first kappa shape index (κ1) is 22.1. The maximum Gasteiger partial charge on any atom is 0.343 e. The molecule has 2 aliphatic carbocycles. The second-order valence-electron chi connectivity index (χ2n) is 9.53. The largest absolute Gasteiger partial charge is 0.458 e. The molecular weight excluding hydrogens is 552 g/mol. The van der Waals surface area contributed by atoms with E-state index in [0.29, 0.717) is 28.8 Å². The van der Waals surface area contributed by atoms with Gasteiger partial charge in [0, 0.05) is 34.4 Å². The zero-order chi connectivity index (χ0) is 23.9. The summed E-state index contributed by atoms with van der Waals surface area (Å²) in [5.74, 6) is -0.927. The van der Waals surface area contributed by atoms with Crippen molar-refractivity contribution in [3.05, 3.63) is 49.2 Å². The van der Waals surface area contributed by atoms with Gasteiger partial charge in [0.1, 0.15) is 12.8 Å². The van der Waals surface area contributed by atoms with Crippen molar-refractivity contribution in [3.63, 3.8) is 0 Å². The molecule has 0 amide bonds. The molecule has 2 aromatic rings. The molecule has 4 aliphatic rings. The molecule has 6 rings (SSSR count). The number of hydrogen-bond acceptors (Lipinski definition) is 6. The SMILES string of the molecule is CC[C@@]1(O)C(=O)OCc2c1cc1n(c2=O)Cc2c-1nc1c3c2C(/C=N/I)CCC=3C(C)C(F)C=1. The van der Waals surface area contributed by atoms with E-state index in [2.05, 4.69) is 3.21 Å². The summed E-state index contributed by atoms with van der Waals surface area (Å²) < 4.78 is 26.0. The Morgan fingerprint density at radius 2 is 2.21 bits per heavy atom. The highest BCUT2D eigenvalue weighted by molar-refractivity contribution is 14.1. The number of hydrogen-bond donors (Lipinski definition) is 1. The molecule has 0 aromatic carbocycles. The van der Waals surface area contributed by atoms with Gasteiger partial charge in [-0.15, -0.1) is 0 Å². The smallest absolute Gasteiger partial charge is 0.343 e. The van der Waals surface area contributed by atoms with Crippen molar-refractivity contribution < 1.29 is 19.0 Å². The molecule has 4 heterocycles. The van der Waals surface area contributed by atoms with E-state index in [1.807, 2.05) is 36.0 Å². The van der Waals surface area contributed by atoms with E-state index in [1.165, 1.54) is 0 Å². The quantitative estimate of drug-likeness (QED) is 0.287. The highest BCUT2D eigenvalue weighted by Gasteiger charge is 2.46. The predicted molar refractivity (Wildman–Crippen MR) is 133 cm³/mol. The van der Waals surface area contributed by atoms with Crippen LogP contribution in [0.15, 0.2) is 14.1 Å². The number of esters is 1. The third-order valence-electron chi connectivity index (χ3n) is 7.97. The fourth-order valence-corrected chi connectivity index (χ4v) is 6.44. The first-order valence-corrected chi connectivity index (χ1v) is 12.5. The Morgan fingerprint density at radius 3 is 2.94 bits per heavy atom. The van der Waals surface area contributed by atoms with E-state index in [0.717, 1.165) is 34.8 Å². The summed E-state index contributed by atoms with van der Waals surface area (Å²) in [5, 5.41) is 12.7. The van der Waals surface area contributed by atoms with Gasteiger partial charge >= 0.3 is 5.97 Å². The molecule has 3 unspecified atom stereocenters. The van der Waals surface area contributed by atoms with Crippen LogP contribution in [0.3, 0.4) is 0 Å². The zero-order valence-corrected chi connectivity index (χ0v) is 20.9. The van der Waals surface area contributed by atoms with Crippen LogP contribution in [-0.2, 0) is 28.3 Å². The minimum Gasteiger partial charge on any atom is -0.458 e. The first-order valence-electron chi connectivity index (χ1n) is 11.5. The van der Waals surface area contributed by atoms with Gasteiger partial charge in [-0.2, -0.15) is 0 Å². The van der Waals surface area contributed by atoms with Gasteiger partial charge in [-0.3, -0.25) is 4.79 Å². The fourth-order valence-electron chi connectivity index (χ4n) is 6.05. The van der Waals surface area contributed by atoms with Crippen LogP contribution >= 0.6 is 22.9 Å². The lowest BCUT2D eigenvalue weighted by molar-refractivity contribution is -0.172. The number of nitrogens with zero attached hydrogens (tertiary/aromatic N) is 3. The van der Waals surface area contributed by atoms with Crippen molar-refractivity contribution in [3.8, 4) is 11.4 Å². The lowest BCUT2D eigenvalue weighted by atomic mass is 9.76. The zero-order valence-electron chi connectivity index (χ0n) is 18.8. The highest BCUT2D eigenvalue weighted by atomic mass is 127. The minimum atomic E-state index is -1.88. The predicted octanol–water partition coefficient (Wildman–Crippen LogP) is 2.14. The van der Waals surface area contributed by atoms with Crippen molar-refractivity contribution >= 4 is 46.7 Å². The van der Waals surface area contributed by atoms with Crippen molar-refractivity contribution in [2.75, 3.05) is 0 Å². The average molecular weight is 575 g/mol. The number of rotatable bonds is 2. The molecule has 0 saturated carbocycles. The average Bonchev–Trinajstić information content (AvgIpc) is 3.19. The number of aromatic nitrogens is 2. The maximum absolute atomic E-state index is 14.9. The van der Waals surface area contributed by atoms with Gasteiger partial charge in [0.2, 0.25) is 0 Å². The number of pyridine rings is 2. The van der Waals surface area contributed by atoms with Crippen LogP contribution in [-0.4, -0.2) is 33.0 Å². The molecule has 9 heteroatoms. The summed E-state index contributed by atoms with van der Waals surface area (Å²) in [7, 11) is 0. The molecule has 7 nitrogen and oxygen atoms in total. The molecular formula is C25H23FIN3O4. The number of carbonyl (C=O) groups is 1. The van der Waals surface area contributed by atoms with Crippen molar-refractivity contribution in [1.82, 2.24) is 9.55 Å². The Kier molecular flexibility index (Phi) is 4.90. The van der Waals surface area contributed by atoms with E-state index >= 15 is 0 Å². The van der Waals surface area contributed by atoms with Gasteiger partial charge in [-0.25, -0.2) is 17.4 Å². The first-order chi connectivity index (χ1) is 16.3. The Hall–Kier alpha value is -2.40. The number of aliphatic hydroxyl groups is 1. The number of alkyl halides is 1. The Morgan fingerprint density at radius 1 is 1.41 bits per heavy atom. The standard InChI is InChI=1S/C25H23FIN3O4/c1-3-25(33)16-6-19-22-14(9-30(19)23(31)15(16)10-34-24(25)32)20-12(8-28-27)4-5-13-11(2)17(26)7-18(29-22)21(13)20/h6-8,11-12,17,33H,3-5,9-10H2,1-2H3/b28-8+/t11?,12?,17?,25-/m0/s1. The van der Waals surface area contributed by atoms with Gasteiger partial charge in [0.15, 0.2) is 5.60 Å². The molecule has 0 bridgehead atoms. The molecule has 0 saturated heterocycles. The molecule has 176 valence electrons. The van der Waals surface area contributed by atoms with Gasteiger partial charge < -0.3 is 14.4 Å². The normalized spacial score (nSPS) is 28.7. The monoisotopic (exact) mass is 575 g/mol. The third kappa shape index (κ3) is 2.76. The van der Waals surface area contributed by atoms with E-state index in [9.17, 15) is 19.1 Å². The van der Waals surface area contributed by atoms with Crippen LogP contribution in [0.25, 0.3) is 23.0 Å². The molecule has 34 heavy (non-hydrogen) atoms. The number of fused-ring (bicyclic) bond motifs is 5. The van der Waals surface area contributed by atoms with Crippen molar-refractivity contribution in [2.45, 2.75) is 64.0 Å². The molecule has 0 spiro atoms. The number of cyclic esters (lactones) is 1. The van der Waals surface area contributed by atoms with Crippen molar-refractivity contribution in [1.29, 1.82) is 0 Å². The van der Waals surface area contributed by atoms with E-state index < -0.39 is 17.7 Å². The summed E-state index contributed by atoms with van der Waals surface area (Å²) in [4.78, 5) is 30.8. The summed E-state index contributed by atoms with van der Waals surface area (Å²) >= 11 is 1.97. The molecule has 0 fully saturated rings. The Labute approximate surface area is 208 Å². The van der Waals surface area contributed by atoms with E-state index in [4.69, 9.17) is 9.72 Å². The fraction of sp³-hybridized carbons (Fsp3) is 0.440. The van der Waals surface area contributed by atoms with Crippen LogP contribution < -0.4 is 16.1 Å². The van der Waals surface area contributed by atoms with Crippen LogP contribution in [0.4, 0.5) is 4.39 Å². The van der Waals surface area contributed by atoms with Gasteiger partial charge in [-0.05, 0) is 37.0 Å². The minimum absolute atomic E-state index is 0.0417. The van der Waals surface area contributed by atoms with E-state index in [-0.39, 0.29) is 36.0 Å².